The molecule has 6 aromatic rings. The van der Waals surface area contributed by atoms with Crippen LogP contribution in [0.4, 0.5) is 0 Å². The van der Waals surface area contributed by atoms with Gasteiger partial charge in [-0.1, -0.05) is 68.8 Å². The van der Waals surface area contributed by atoms with Gasteiger partial charge in [-0.2, -0.15) is 0 Å². The van der Waals surface area contributed by atoms with E-state index in [0.29, 0.717) is 0 Å². The Hall–Kier alpha value is -4.51. The Morgan fingerprint density at radius 2 is 1.41 bits per heavy atom. The zero-order valence-electron chi connectivity index (χ0n) is 26.5. The average molecular weight is 777 g/mol. The first-order valence-electron chi connectivity index (χ1n) is 15.3. The number of benzene rings is 4. The fraction of sp³-hybridized carbons (Fsp3) is 0.150. The third-order valence-electron chi connectivity index (χ3n) is 8.33. The third kappa shape index (κ3) is 5.91. The quantitative estimate of drug-likeness (QED) is 0.133. The van der Waals surface area contributed by atoms with E-state index in [-0.39, 0.29) is 32.2 Å². The third-order valence-corrected chi connectivity index (χ3v) is 8.33. The Labute approximate surface area is 285 Å². The molecule has 0 saturated heterocycles. The van der Waals surface area contributed by atoms with E-state index < -0.39 is 0 Å². The van der Waals surface area contributed by atoms with E-state index in [2.05, 4.69) is 75.1 Å². The van der Waals surface area contributed by atoms with Crippen molar-refractivity contribution in [3.05, 3.63) is 138 Å². The Bertz CT molecular complexity index is 2020. The number of pyridine rings is 2. The molecule has 0 fully saturated rings. The van der Waals surface area contributed by atoms with Crippen molar-refractivity contribution in [3.8, 4) is 45.5 Å². The Morgan fingerprint density at radius 3 is 2.15 bits per heavy atom. The maximum Gasteiger partial charge on any atom is 0.241 e. The van der Waals surface area contributed by atoms with E-state index in [1.54, 1.807) is 0 Å². The van der Waals surface area contributed by atoms with E-state index in [1.807, 2.05) is 86.0 Å². The number of ether oxygens (including phenoxy) is 2. The second kappa shape index (κ2) is 12.7. The smallest absolute Gasteiger partial charge is 0.241 e. The maximum atomic E-state index is 6.53. The van der Waals surface area contributed by atoms with Gasteiger partial charge in [0.05, 0.1) is 0 Å². The molecule has 6 heteroatoms. The predicted molar refractivity (Wildman–Crippen MR) is 183 cm³/mol. The van der Waals surface area contributed by atoms with Crippen LogP contribution >= 0.6 is 0 Å². The number of para-hydroxylation sites is 1. The second-order valence-corrected chi connectivity index (χ2v) is 12.6. The molecule has 4 aromatic carbocycles. The molecular formula is C40H33BIrN2O2-2. The van der Waals surface area contributed by atoms with Gasteiger partial charge in [0.1, 0.15) is 17.2 Å². The topological polar surface area (TPSA) is 44.2 Å². The number of aromatic nitrogens is 2. The molecule has 0 saturated carbocycles. The zero-order chi connectivity index (χ0) is 31.1. The number of fused-ring (bicyclic) bond motifs is 4. The number of nitrogens with zero attached hydrogens (tertiary/aromatic N) is 2. The predicted octanol–water partition coefficient (Wildman–Crippen LogP) is 7.74. The van der Waals surface area contributed by atoms with Crippen molar-refractivity contribution < 1.29 is 29.6 Å². The van der Waals surface area contributed by atoms with E-state index in [1.165, 1.54) is 16.7 Å². The van der Waals surface area contributed by atoms with Gasteiger partial charge in [-0.05, 0) is 71.0 Å². The van der Waals surface area contributed by atoms with Crippen LogP contribution in [-0.2, 0) is 25.5 Å². The van der Waals surface area contributed by atoms with Gasteiger partial charge in [0, 0.05) is 43.7 Å². The number of hydrogen-bond acceptors (Lipinski definition) is 4. The SMILES string of the molecule is Cc1ccc(-c2[c-]cccc2)nc1.Cc1cnc(-c2[c-]ccc3c2Oc2cccc4c2B3c2ccccc2O4)cc1C(C)(C)C.[Ir]. The van der Waals surface area contributed by atoms with Crippen LogP contribution in [0.5, 0.6) is 23.0 Å². The Morgan fingerprint density at radius 1 is 0.674 bits per heavy atom. The van der Waals surface area contributed by atoms with Gasteiger partial charge >= 0.3 is 0 Å². The zero-order valence-corrected chi connectivity index (χ0v) is 28.9. The molecule has 1 radical (unpaired) electrons. The molecule has 0 bridgehead atoms. The molecule has 0 spiro atoms. The summed E-state index contributed by atoms with van der Waals surface area (Å²) in [7, 11) is 0. The molecule has 229 valence electrons. The first kappa shape index (κ1) is 31.5. The molecule has 2 aliphatic heterocycles. The van der Waals surface area contributed by atoms with Gasteiger partial charge in [0.2, 0.25) is 6.71 Å². The van der Waals surface area contributed by atoms with Crippen LogP contribution in [0.25, 0.3) is 22.5 Å². The molecule has 4 nitrogen and oxygen atoms in total. The summed E-state index contributed by atoms with van der Waals surface area (Å²) < 4.78 is 12.7. The fourth-order valence-electron chi connectivity index (χ4n) is 6.18. The molecule has 46 heavy (non-hydrogen) atoms. The molecule has 2 aromatic heterocycles. The number of rotatable bonds is 2. The van der Waals surface area contributed by atoms with E-state index in [9.17, 15) is 0 Å². The van der Waals surface area contributed by atoms with Crippen molar-refractivity contribution in [2.45, 2.75) is 40.0 Å². The molecule has 0 atom stereocenters. The van der Waals surface area contributed by atoms with Crippen molar-refractivity contribution in [1.82, 2.24) is 9.97 Å². The molecular weight excluding hydrogens is 743 g/mol. The van der Waals surface area contributed by atoms with Crippen molar-refractivity contribution >= 4 is 23.1 Å². The van der Waals surface area contributed by atoms with Gasteiger partial charge in [-0.15, -0.1) is 59.6 Å². The number of aryl methyl sites for hydroxylation is 2. The van der Waals surface area contributed by atoms with Crippen molar-refractivity contribution in [2.24, 2.45) is 0 Å². The minimum absolute atomic E-state index is 0. The minimum Gasteiger partial charge on any atom is -0.503 e. The van der Waals surface area contributed by atoms with Crippen LogP contribution in [0.3, 0.4) is 0 Å². The van der Waals surface area contributed by atoms with Crippen molar-refractivity contribution in [2.75, 3.05) is 0 Å². The standard InChI is InChI=1S/C28H23BNO2.C12H10N.Ir/c1-17-16-30-22(15-19(17)28(2,3)4)18-9-7-11-21-27(18)32-25-14-8-13-24-26(25)29(21)20-10-5-6-12-23(20)31-24;1-10-7-8-12(13-9-10)11-5-3-2-4-6-11;/h5-8,10-16H,1-4H3;2-5,7-9H,1H3;/q2*-1;. The summed E-state index contributed by atoms with van der Waals surface area (Å²) in [5.41, 5.74) is 10.8. The van der Waals surface area contributed by atoms with Gasteiger partial charge < -0.3 is 19.4 Å². The summed E-state index contributed by atoms with van der Waals surface area (Å²) in [6, 6.07) is 39.1. The molecule has 8 rings (SSSR count). The molecule has 0 aliphatic carbocycles. The van der Waals surface area contributed by atoms with E-state index in [4.69, 9.17) is 14.5 Å². The average Bonchev–Trinajstić information content (AvgIpc) is 3.05. The van der Waals surface area contributed by atoms with Crippen LogP contribution in [0.2, 0.25) is 0 Å². The Balaban J connectivity index is 0.000000223. The number of hydrogen-bond donors (Lipinski definition) is 0. The van der Waals surface area contributed by atoms with Gasteiger partial charge in [0.25, 0.3) is 0 Å². The summed E-state index contributed by atoms with van der Waals surface area (Å²) in [4.78, 5) is 9.09. The van der Waals surface area contributed by atoms with Crippen LogP contribution < -0.4 is 25.9 Å². The van der Waals surface area contributed by atoms with E-state index >= 15 is 0 Å². The first-order chi connectivity index (χ1) is 21.8. The molecule has 4 heterocycles. The molecule has 0 N–H and O–H groups in total. The van der Waals surface area contributed by atoms with Gasteiger partial charge in [-0.25, -0.2) is 0 Å². The van der Waals surface area contributed by atoms with Crippen LogP contribution in [0.15, 0.2) is 109 Å². The summed E-state index contributed by atoms with van der Waals surface area (Å²) >= 11 is 0. The van der Waals surface area contributed by atoms with Crippen LogP contribution in [0, 0.1) is 26.0 Å². The van der Waals surface area contributed by atoms with E-state index in [0.717, 1.165) is 61.9 Å². The molecule has 0 amide bonds. The van der Waals surface area contributed by atoms with Crippen molar-refractivity contribution in [1.29, 1.82) is 0 Å². The summed E-state index contributed by atoms with van der Waals surface area (Å²) in [6.45, 7) is 10.9. The molecule has 0 unspecified atom stereocenters. The van der Waals surface area contributed by atoms with Gasteiger partial charge in [0.15, 0.2) is 0 Å². The minimum atomic E-state index is 0. The summed E-state index contributed by atoms with van der Waals surface area (Å²) in [5.74, 6) is 3.41. The Kier molecular flexibility index (Phi) is 8.70. The fourth-order valence-corrected chi connectivity index (χ4v) is 6.18. The van der Waals surface area contributed by atoms with Crippen LogP contribution in [-0.4, -0.2) is 16.7 Å². The maximum absolute atomic E-state index is 6.53. The normalized spacial score (nSPS) is 12.2. The molecule has 2 aliphatic rings. The van der Waals surface area contributed by atoms with Crippen molar-refractivity contribution in [3.63, 3.8) is 0 Å². The summed E-state index contributed by atoms with van der Waals surface area (Å²) in [5, 5.41) is 0. The van der Waals surface area contributed by atoms with Gasteiger partial charge in [-0.3, -0.25) is 0 Å². The summed E-state index contributed by atoms with van der Waals surface area (Å²) in [6.07, 6.45) is 3.83. The van der Waals surface area contributed by atoms with Crippen LogP contribution in [0.1, 0.15) is 37.5 Å². The largest absolute Gasteiger partial charge is 0.503 e. The second-order valence-electron chi connectivity index (χ2n) is 12.6. The monoisotopic (exact) mass is 777 g/mol. The first-order valence-corrected chi connectivity index (χ1v) is 15.3.